The van der Waals surface area contributed by atoms with E-state index in [1.54, 1.807) is 0 Å². The van der Waals surface area contributed by atoms with Crippen LogP contribution in [0.4, 0.5) is 83.4 Å². The standard InChI is InChI=1S/C30H15BF19O3Si.C12H27N/c1-4-51-54(52-5-2,53-6-3)30-28(49)17(38)10(18(39)29(30)50)31(7-11(32)19(40)25(46)20(41)12(7)33,8-13(34)21(42)26(47)22(43)14(8)35)9-15(36)23(44)27(48)24(45)16(9)37;1-4-7-10-13(11-8-5-2)12-9-6-3/h4-6H2,1-3H3;4-12H2,1-3H3/q-1;/p+1. The van der Waals surface area contributed by atoms with E-state index in [4.69, 9.17) is 13.3 Å². The van der Waals surface area contributed by atoms with E-state index in [2.05, 4.69) is 20.8 Å². The van der Waals surface area contributed by atoms with E-state index in [1.807, 2.05) is 4.90 Å². The number of hydrogen-bond donors (Lipinski definition) is 1. The topological polar surface area (TPSA) is 32.1 Å². The third kappa shape index (κ3) is 10.3. The molecule has 0 aromatic heterocycles. The van der Waals surface area contributed by atoms with Crippen molar-refractivity contribution < 1.29 is 102 Å². The first-order valence-corrected chi connectivity index (χ1v) is 22.5. The lowest BCUT2D eigenvalue weighted by Crippen LogP contribution is -3.12. The highest BCUT2D eigenvalue weighted by Gasteiger charge is 2.55. The van der Waals surface area contributed by atoms with Crippen LogP contribution in [0.2, 0.25) is 0 Å². The highest BCUT2D eigenvalue weighted by molar-refractivity contribution is 7.20. The molecule has 4 rings (SSSR count). The Morgan fingerprint density at radius 3 is 0.701 bits per heavy atom. The van der Waals surface area contributed by atoms with Crippen LogP contribution < -0.4 is 31.9 Å². The summed E-state index contributed by atoms with van der Waals surface area (Å²) in [7, 11) is -5.46. The third-order valence-corrected chi connectivity index (χ3v) is 13.8. The second-order valence-electron chi connectivity index (χ2n) is 14.8. The minimum atomic E-state index is -7.23. The van der Waals surface area contributed by atoms with Crippen molar-refractivity contribution in [1.82, 2.24) is 0 Å². The van der Waals surface area contributed by atoms with E-state index in [1.165, 1.54) is 58.2 Å². The molecule has 0 unspecified atom stereocenters. The van der Waals surface area contributed by atoms with E-state index < -0.39 is 172 Å². The van der Waals surface area contributed by atoms with Crippen molar-refractivity contribution in [2.45, 2.75) is 80.1 Å². The minimum absolute atomic E-state index is 0.705. The Morgan fingerprint density at radius 2 is 0.507 bits per heavy atom. The Hall–Kier alpha value is -4.33. The number of unbranched alkanes of at least 4 members (excludes halogenated alkanes) is 3. The molecule has 0 fully saturated rings. The summed E-state index contributed by atoms with van der Waals surface area (Å²) in [5.74, 6) is -66.2. The Morgan fingerprint density at radius 1 is 0.313 bits per heavy atom. The Bertz CT molecular complexity index is 2110. The molecule has 0 radical (unpaired) electrons. The normalized spacial score (nSPS) is 12.1. The maximum Gasteiger partial charge on any atom is 0.543 e. The SMILES string of the molecule is CCCC[NH+](CCCC)CCCC.CCO[Si](OCC)(OCC)c1c(F)c(F)c([B-](c2c(F)c(F)c(F)c(F)c2F)(c2c(F)c(F)c(F)c(F)c2F)c2c(F)c(F)c(F)c(F)c2F)c(F)c1F. The van der Waals surface area contributed by atoms with Gasteiger partial charge < -0.3 is 18.2 Å². The predicted molar refractivity (Wildman–Crippen MR) is 210 cm³/mol. The van der Waals surface area contributed by atoms with Crippen molar-refractivity contribution in [1.29, 1.82) is 0 Å². The monoisotopic (exact) mass is 1010 g/mol. The lowest BCUT2D eigenvalue weighted by Gasteiger charge is -2.45. The predicted octanol–water partition coefficient (Wildman–Crippen LogP) is 8.23. The van der Waals surface area contributed by atoms with Crippen LogP contribution in [0.25, 0.3) is 0 Å². The lowest BCUT2D eigenvalue weighted by atomic mass is 9.12. The third-order valence-electron chi connectivity index (χ3n) is 10.7. The number of benzene rings is 4. The minimum Gasteiger partial charge on any atom is -0.370 e. The molecule has 0 saturated carbocycles. The van der Waals surface area contributed by atoms with Gasteiger partial charge in [0.05, 0.1) is 24.8 Å². The summed E-state index contributed by atoms with van der Waals surface area (Å²) in [6.45, 7) is 12.2. The van der Waals surface area contributed by atoms with Gasteiger partial charge >= 0.3 is 8.80 Å². The van der Waals surface area contributed by atoms with Gasteiger partial charge in [-0.3, -0.25) is 0 Å². The van der Waals surface area contributed by atoms with E-state index >= 15 is 43.9 Å². The summed E-state index contributed by atoms with van der Waals surface area (Å²) in [4.78, 5) is 1.84. The second kappa shape index (κ2) is 23.8. The Balaban J connectivity index is 0.000000795. The van der Waals surface area contributed by atoms with Gasteiger partial charge in [0.1, 0.15) is 52.7 Å². The van der Waals surface area contributed by atoms with Gasteiger partial charge in [-0.25, -0.2) is 83.4 Å². The molecular formula is C42H43BF19NO3Si. The van der Waals surface area contributed by atoms with Gasteiger partial charge in [0.25, 0.3) is 0 Å². The Labute approximate surface area is 373 Å². The zero-order valence-corrected chi connectivity index (χ0v) is 37.5. The summed E-state index contributed by atoms with van der Waals surface area (Å²) in [6.07, 6.45) is 1.04. The molecule has 1 N–H and O–H groups in total. The van der Waals surface area contributed by atoms with Gasteiger partial charge in [-0.05, 0) is 40.0 Å². The first-order chi connectivity index (χ1) is 31.4. The summed E-state index contributed by atoms with van der Waals surface area (Å²) in [5, 5.41) is -2.14. The summed E-state index contributed by atoms with van der Waals surface area (Å²) in [5.41, 5.74) is -14.0. The molecule has 0 atom stereocenters. The van der Waals surface area contributed by atoms with Crippen LogP contribution >= 0.6 is 0 Å². The van der Waals surface area contributed by atoms with Crippen LogP contribution in [0, 0.1) is 111 Å². The molecule has 0 bridgehead atoms. The molecule has 374 valence electrons. The maximum atomic E-state index is 16.7. The van der Waals surface area contributed by atoms with Crippen LogP contribution in [0.15, 0.2) is 0 Å². The van der Waals surface area contributed by atoms with Gasteiger partial charge in [-0.15, -0.1) is 21.9 Å². The fourth-order valence-corrected chi connectivity index (χ4v) is 10.3. The molecule has 0 aliphatic carbocycles. The average Bonchev–Trinajstić information content (AvgIpc) is 3.29. The van der Waals surface area contributed by atoms with Gasteiger partial charge in [0.2, 0.25) is 0 Å². The van der Waals surface area contributed by atoms with E-state index in [0.717, 1.165) is 20.8 Å². The van der Waals surface area contributed by atoms with Crippen molar-refractivity contribution in [2.75, 3.05) is 39.5 Å². The first-order valence-electron chi connectivity index (χ1n) is 20.8. The zero-order chi connectivity index (χ0) is 51.0. The van der Waals surface area contributed by atoms with Crippen molar-refractivity contribution >= 4 is 42.0 Å². The van der Waals surface area contributed by atoms with E-state index in [9.17, 15) is 39.5 Å². The van der Waals surface area contributed by atoms with Gasteiger partial charge in [0, 0.05) is 19.8 Å². The maximum absolute atomic E-state index is 16.7. The molecule has 0 saturated heterocycles. The summed E-state index contributed by atoms with van der Waals surface area (Å²) >= 11 is 0. The van der Waals surface area contributed by atoms with E-state index in [0.29, 0.717) is 0 Å². The molecule has 0 aliphatic rings. The van der Waals surface area contributed by atoms with Gasteiger partial charge in [-0.1, -0.05) is 40.0 Å². The molecule has 4 aromatic carbocycles. The van der Waals surface area contributed by atoms with Crippen LogP contribution in [0.5, 0.6) is 0 Å². The van der Waals surface area contributed by atoms with Crippen molar-refractivity contribution in [3.8, 4) is 0 Å². The molecule has 0 heterocycles. The lowest BCUT2D eigenvalue weighted by molar-refractivity contribution is -0.900. The molecule has 0 amide bonds. The first kappa shape index (κ1) is 57.0. The fourth-order valence-electron chi connectivity index (χ4n) is 7.74. The quantitative estimate of drug-likeness (QED) is 0.0420. The van der Waals surface area contributed by atoms with Crippen LogP contribution in [-0.4, -0.2) is 54.4 Å². The summed E-state index contributed by atoms with van der Waals surface area (Å²) < 4.78 is 309. The highest BCUT2D eigenvalue weighted by atomic mass is 28.4. The number of quaternary nitrogens is 1. The largest absolute Gasteiger partial charge is 0.543 e. The number of rotatable bonds is 20. The number of hydrogen-bond acceptors (Lipinski definition) is 3. The summed E-state index contributed by atoms with van der Waals surface area (Å²) in [6, 6.07) is 0. The number of nitrogens with one attached hydrogen (secondary N) is 1. The molecular weight excluding hydrogens is 966 g/mol. The highest BCUT2D eigenvalue weighted by Crippen LogP contribution is 2.31. The average molecular weight is 1010 g/mol. The molecule has 67 heavy (non-hydrogen) atoms. The fraction of sp³-hybridized carbons (Fsp3) is 0.429. The smallest absolute Gasteiger partial charge is 0.370 e. The van der Waals surface area contributed by atoms with Gasteiger partial charge in [-0.2, -0.15) is 0 Å². The second-order valence-corrected chi connectivity index (χ2v) is 17.3. The van der Waals surface area contributed by atoms with Crippen molar-refractivity contribution in [2.24, 2.45) is 0 Å². The zero-order valence-electron chi connectivity index (χ0n) is 36.5. The number of halogens is 19. The Kier molecular flexibility index (Phi) is 20.2. The molecule has 25 heteroatoms. The molecule has 0 spiro atoms. The molecule has 4 nitrogen and oxygen atoms in total. The van der Waals surface area contributed by atoms with Gasteiger partial charge in [0.15, 0.2) is 64.0 Å². The van der Waals surface area contributed by atoms with Crippen molar-refractivity contribution in [3.05, 3.63) is 111 Å². The van der Waals surface area contributed by atoms with Crippen LogP contribution in [0.3, 0.4) is 0 Å². The van der Waals surface area contributed by atoms with Crippen LogP contribution in [0.1, 0.15) is 80.1 Å². The molecule has 4 aromatic rings. The van der Waals surface area contributed by atoms with E-state index in [-0.39, 0.29) is 0 Å². The molecule has 0 aliphatic heterocycles. The van der Waals surface area contributed by atoms with Crippen LogP contribution in [-0.2, 0) is 13.3 Å². The van der Waals surface area contributed by atoms with Crippen molar-refractivity contribution in [3.63, 3.8) is 0 Å².